The van der Waals surface area contributed by atoms with Crippen LogP contribution in [0.1, 0.15) is 6.92 Å². The van der Waals surface area contributed by atoms with Crippen molar-refractivity contribution in [3.8, 4) is 5.75 Å². The number of anilines is 1. The highest BCUT2D eigenvalue weighted by Crippen LogP contribution is 2.28. The highest BCUT2D eigenvalue weighted by Gasteiger charge is 2.20. The summed E-state index contributed by atoms with van der Waals surface area (Å²) in [6.07, 6.45) is 0. The highest BCUT2D eigenvalue weighted by molar-refractivity contribution is 5.76. The van der Waals surface area contributed by atoms with Crippen molar-refractivity contribution in [2.75, 3.05) is 25.1 Å². The molecule has 0 aromatic heterocycles. The molecule has 0 radical (unpaired) electrons. The molecule has 1 atom stereocenters. The zero-order valence-electron chi connectivity index (χ0n) is 10.9. The number of carbonyl (C=O) groups is 2. The number of ether oxygens (including phenoxy) is 1. The quantitative estimate of drug-likeness (QED) is 0.774. The smallest absolute Gasteiger partial charge is 0.323 e. The van der Waals surface area contributed by atoms with E-state index in [1.807, 2.05) is 0 Å². The molecule has 1 aromatic rings. The number of carboxylic acids is 2. The van der Waals surface area contributed by atoms with Gasteiger partial charge in [0.25, 0.3) is 0 Å². The molecule has 1 rings (SSSR count). The molecule has 0 aliphatic carbocycles. The van der Waals surface area contributed by atoms with Gasteiger partial charge >= 0.3 is 11.9 Å². The first-order valence-corrected chi connectivity index (χ1v) is 5.78. The van der Waals surface area contributed by atoms with Gasteiger partial charge in [0.15, 0.2) is 0 Å². The molecule has 104 valence electrons. The van der Waals surface area contributed by atoms with Gasteiger partial charge in [0, 0.05) is 6.54 Å². The Morgan fingerprint density at radius 3 is 2.47 bits per heavy atom. The predicted octanol–water partition coefficient (Wildman–Crippen LogP) is 1.31. The second-order valence-electron chi connectivity index (χ2n) is 4.19. The van der Waals surface area contributed by atoms with E-state index in [1.165, 1.54) is 18.9 Å². The highest BCUT2D eigenvalue weighted by atomic mass is 16.5. The summed E-state index contributed by atoms with van der Waals surface area (Å²) in [7, 11) is 1.48. The number of para-hydroxylation sites is 2. The Hall–Kier alpha value is -2.24. The largest absolute Gasteiger partial charge is 0.495 e. The Bertz CT molecular complexity index is 460. The Labute approximate surface area is 111 Å². The predicted molar refractivity (Wildman–Crippen MR) is 69.6 cm³/mol. The molecule has 6 nitrogen and oxygen atoms in total. The summed E-state index contributed by atoms with van der Waals surface area (Å²) >= 11 is 0. The molecule has 0 aliphatic heterocycles. The Balaban J connectivity index is 3.01. The van der Waals surface area contributed by atoms with Gasteiger partial charge < -0.3 is 19.8 Å². The van der Waals surface area contributed by atoms with Crippen LogP contribution in [-0.4, -0.2) is 42.4 Å². The number of methoxy groups -OCH3 is 1. The normalized spacial score (nSPS) is 11.7. The van der Waals surface area contributed by atoms with Gasteiger partial charge in [-0.05, 0) is 12.1 Å². The van der Waals surface area contributed by atoms with Crippen molar-refractivity contribution < 1.29 is 24.5 Å². The minimum absolute atomic E-state index is 0.0992. The summed E-state index contributed by atoms with van der Waals surface area (Å²) in [6, 6.07) is 6.92. The second kappa shape index (κ2) is 6.63. The Kier molecular flexibility index (Phi) is 5.17. The molecule has 0 aliphatic rings. The van der Waals surface area contributed by atoms with E-state index in [1.54, 1.807) is 24.3 Å². The van der Waals surface area contributed by atoms with Crippen LogP contribution in [0, 0.1) is 5.92 Å². The minimum atomic E-state index is -1.02. The van der Waals surface area contributed by atoms with Crippen LogP contribution in [-0.2, 0) is 9.59 Å². The number of benzene rings is 1. The lowest BCUT2D eigenvalue weighted by Gasteiger charge is -2.26. The van der Waals surface area contributed by atoms with E-state index >= 15 is 0 Å². The number of rotatable bonds is 7. The summed E-state index contributed by atoms with van der Waals surface area (Å²) in [5.74, 6) is -2.15. The fourth-order valence-corrected chi connectivity index (χ4v) is 1.71. The molecule has 6 heteroatoms. The van der Waals surface area contributed by atoms with Crippen LogP contribution in [0.3, 0.4) is 0 Å². The summed E-state index contributed by atoms with van der Waals surface area (Å²) in [5.41, 5.74) is 0.570. The summed E-state index contributed by atoms with van der Waals surface area (Å²) in [6.45, 7) is 1.35. The average molecular weight is 267 g/mol. The maximum absolute atomic E-state index is 10.9. The van der Waals surface area contributed by atoms with Gasteiger partial charge in [-0.2, -0.15) is 0 Å². The summed E-state index contributed by atoms with van der Waals surface area (Å²) < 4.78 is 5.17. The lowest BCUT2D eigenvalue weighted by atomic mass is 10.1. The van der Waals surface area contributed by atoms with Gasteiger partial charge in [-0.1, -0.05) is 19.1 Å². The third-order valence-corrected chi connectivity index (χ3v) is 2.67. The Morgan fingerprint density at radius 1 is 1.32 bits per heavy atom. The first-order valence-electron chi connectivity index (χ1n) is 5.78. The third kappa shape index (κ3) is 4.17. The molecule has 1 unspecified atom stereocenters. The van der Waals surface area contributed by atoms with E-state index < -0.39 is 17.9 Å². The number of aliphatic carboxylic acids is 2. The lowest BCUT2D eigenvalue weighted by Crippen LogP contribution is -2.36. The fourth-order valence-electron chi connectivity index (χ4n) is 1.71. The van der Waals surface area contributed by atoms with Gasteiger partial charge in [-0.3, -0.25) is 9.59 Å². The van der Waals surface area contributed by atoms with Gasteiger partial charge in [-0.25, -0.2) is 0 Å². The molecule has 0 amide bonds. The van der Waals surface area contributed by atoms with Crippen LogP contribution in [0.25, 0.3) is 0 Å². The van der Waals surface area contributed by atoms with Crippen LogP contribution < -0.4 is 9.64 Å². The minimum Gasteiger partial charge on any atom is -0.495 e. The van der Waals surface area contributed by atoms with Crippen molar-refractivity contribution in [2.45, 2.75) is 6.92 Å². The maximum Gasteiger partial charge on any atom is 0.323 e. The van der Waals surface area contributed by atoms with Crippen molar-refractivity contribution in [2.24, 2.45) is 5.92 Å². The molecular weight excluding hydrogens is 250 g/mol. The molecule has 2 N–H and O–H groups in total. The van der Waals surface area contributed by atoms with Crippen molar-refractivity contribution in [1.29, 1.82) is 0 Å². The zero-order chi connectivity index (χ0) is 14.4. The van der Waals surface area contributed by atoms with E-state index in [2.05, 4.69) is 0 Å². The molecule has 19 heavy (non-hydrogen) atoms. The standard InChI is InChI=1S/C13H17NO5/c1-9(13(17)18)7-14(8-12(15)16)10-5-3-4-6-11(10)19-2/h3-6,9H,7-8H2,1-2H3,(H,15,16)(H,17,18). The third-order valence-electron chi connectivity index (χ3n) is 2.67. The second-order valence-corrected chi connectivity index (χ2v) is 4.19. The monoisotopic (exact) mass is 267 g/mol. The molecule has 1 aromatic carbocycles. The number of nitrogens with zero attached hydrogens (tertiary/aromatic N) is 1. The first kappa shape index (κ1) is 14.8. The molecule has 0 heterocycles. The maximum atomic E-state index is 10.9. The van der Waals surface area contributed by atoms with E-state index in [0.29, 0.717) is 11.4 Å². The molecular formula is C13H17NO5. The molecule has 0 fully saturated rings. The van der Waals surface area contributed by atoms with Crippen LogP contribution >= 0.6 is 0 Å². The van der Waals surface area contributed by atoms with Crippen LogP contribution in [0.5, 0.6) is 5.75 Å². The number of carboxylic acid groups (broad SMARTS) is 2. The van der Waals surface area contributed by atoms with Gasteiger partial charge in [-0.15, -0.1) is 0 Å². The van der Waals surface area contributed by atoms with E-state index in [-0.39, 0.29) is 13.1 Å². The number of hydrogen-bond acceptors (Lipinski definition) is 4. The van der Waals surface area contributed by atoms with Crippen LogP contribution in [0.4, 0.5) is 5.69 Å². The average Bonchev–Trinajstić information content (AvgIpc) is 2.37. The van der Waals surface area contributed by atoms with Crippen LogP contribution in [0.2, 0.25) is 0 Å². The summed E-state index contributed by atoms with van der Waals surface area (Å²) in [4.78, 5) is 23.3. The van der Waals surface area contributed by atoms with Crippen molar-refractivity contribution in [1.82, 2.24) is 0 Å². The van der Waals surface area contributed by atoms with E-state index in [0.717, 1.165) is 0 Å². The molecule has 0 spiro atoms. The van der Waals surface area contributed by atoms with E-state index in [4.69, 9.17) is 14.9 Å². The van der Waals surface area contributed by atoms with Gasteiger partial charge in [0.05, 0.1) is 18.7 Å². The molecule has 0 saturated carbocycles. The fraction of sp³-hybridized carbons (Fsp3) is 0.385. The molecule has 0 bridgehead atoms. The van der Waals surface area contributed by atoms with E-state index in [9.17, 15) is 9.59 Å². The molecule has 0 saturated heterocycles. The Morgan fingerprint density at radius 2 is 1.95 bits per heavy atom. The van der Waals surface area contributed by atoms with Gasteiger partial charge in [0.2, 0.25) is 0 Å². The number of hydrogen-bond donors (Lipinski definition) is 2. The SMILES string of the molecule is COc1ccccc1N(CC(=O)O)CC(C)C(=O)O. The van der Waals surface area contributed by atoms with Crippen LogP contribution in [0.15, 0.2) is 24.3 Å². The topological polar surface area (TPSA) is 87.1 Å². The zero-order valence-corrected chi connectivity index (χ0v) is 10.9. The van der Waals surface area contributed by atoms with Gasteiger partial charge in [0.1, 0.15) is 12.3 Å². The first-order chi connectivity index (χ1) is 8.95. The van der Waals surface area contributed by atoms with Crippen molar-refractivity contribution in [3.63, 3.8) is 0 Å². The van der Waals surface area contributed by atoms with Crippen molar-refractivity contribution in [3.05, 3.63) is 24.3 Å². The van der Waals surface area contributed by atoms with Crippen molar-refractivity contribution >= 4 is 17.6 Å². The summed E-state index contributed by atoms with van der Waals surface area (Å²) in [5, 5.41) is 17.9. The lowest BCUT2D eigenvalue weighted by molar-refractivity contribution is -0.141.